The van der Waals surface area contributed by atoms with Crippen LogP contribution >= 0.6 is 34.3 Å². The van der Waals surface area contributed by atoms with Crippen LogP contribution in [0, 0.1) is 11.3 Å². The Hall–Kier alpha value is -1.87. The molecule has 6 heteroatoms. The first-order valence-corrected chi connectivity index (χ1v) is 7.70. The van der Waals surface area contributed by atoms with Crippen molar-refractivity contribution in [3.8, 4) is 27.0 Å². The molecule has 0 atom stereocenters. The van der Waals surface area contributed by atoms with Gasteiger partial charge in [0, 0.05) is 22.8 Å². The summed E-state index contributed by atoms with van der Waals surface area (Å²) in [6.07, 6.45) is 3.42. The van der Waals surface area contributed by atoms with Gasteiger partial charge in [0.2, 0.25) is 0 Å². The average molecular weight is 318 g/mol. The van der Waals surface area contributed by atoms with Crippen LogP contribution in [0.4, 0.5) is 5.69 Å². The van der Waals surface area contributed by atoms with Gasteiger partial charge in [0.1, 0.15) is 10.9 Å². The van der Waals surface area contributed by atoms with Crippen LogP contribution in [0.25, 0.3) is 20.9 Å². The molecule has 3 heterocycles. The number of nitrogens with two attached hydrogens (primary N) is 1. The van der Waals surface area contributed by atoms with Crippen LogP contribution in [-0.4, -0.2) is 4.98 Å². The third kappa shape index (κ3) is 2.18. The second-order valence-corrected chi connectivity index (χ2v) is 6.74. The van der Waals surface area contributed by atoms with Crippen LogP contribution in [0.3, 0.4) is 0 Å². The van der Waals surface area contributed by atoms with Gasteiger partial charge in [0.25, 0.3) is 0 Å². The summed E-state index contributed by atoms with van der Waals surface area (Å²) in [4.78, 5) is 6.53. The zero-order valence-electron chi connectivity index (χ0n) is 10.1. The molecule has 0 bridgehead atoms. The Morgan fingerprint density at radius 3 is 2.50 bits per heavy atom. The van der Waals surface area contributed by atoms with Gasteiger partial charge in [-0.2, -0.15) is 5.26 Å². The number of aromatic nitrogens is 1. The molecule has 20 heavy (non-hydrogen) atoms. The molecule has 2 N–H and O–H groups in total. The first-order chi connectivity index (χ1) is 9.70. The number of halogens is 1. The van der Waals surface area contributed by atoms with Gasteiger partial charge in [-0.3, -0.25) is 4.98 Å². The van der Waals surface area contributed by atoms with Crippen molar-refractivity contribution in [1.29, 1.82) is 5.26 Å². The quantitative estimate of drug-likeness (QED) is 0.748. The lowest BCUT2D eigenvalue weighted by molar-refractivity contribution is 1.33. The minimum Gasteiger partial charge on any atom is -0.396 e. The van der Waals surface area contributed by atoms with Crippen LogP contribution in [0.5, 0.6) is 0 Å². The van der Waals surface area contributed by atoms with Gasteiger partial charge >= 0.3 is 0 Å². The Balaban J connectivity index is 2.28. The maximum Gasteiger partial charge on any atom is 0.129 e. The highest BCUT2D eigenvalue weighted by atomic mass is 35.5. The van der Waals surface area contributed by atoms with Gasteiger partial charge in [0.05, 0.1) is 14.9 Å². The summed E-state index contributed by atoms with van der Waals surface area (Å²) < 4.78 is 0.714. The van der Waals surface area contributed by atoms with Crippen LogP contribution in [0.1, 0.15) is 4.88 Å². The fraction of sp³-hybridized carbons (Fsp3) is 0. The highest BCUT2D eigenvalue weighted by Gasteiger charge is 2.19. The third-order valence-electron chi connectivity index (χ3n) is 2.81. The topological polar surface area (TPSA) is 62.7 Å². The lowest BCUT2D eigenvalue weighted by Crippen LogP contribution is -1.89. The van der Waals surface area contributed by atoms with E-state index in [1.165, 1.54) is 22.7 Å². The first-order valence-electron chi connectivity index (χ1n) is 5.69. The molecule has 0 saturated heterocycles. The Labute approximate surface area is 128 Å². The molecule has 0 saturated carbocycles. The summed E-state index contributed by atoms with van der Waals surface area (Å²) in [6, 6.07) is 9.72. The minimum atomic E-state index is 0.517. The van der Waals surface area contributed by atoms with E-state index in [2.05, 4.69) is 11.1 Å². The predicted molar refractivity (Wildman–Crippen MR) is 85.0 cm³/mol. The van der Waals surface area contributed by atoms with E-state index in [1.807, 2.05) is 24.3 Å². The first kappa shape index (κ1) is 13.1. The van der Waals surface area contributed by atoms with Crippen molar-refractivity contribution in [3.63, 3.8) is 0 Å². The molecule has 0 aliphatic rings. The van der Waals surface area contributed by atoms with E-state index in [-0.39, 0.29) is 0 Å². The van der Waals surface area contributed by atoms with Gasteiger partial charge < -0.3 is 5.73 Å². The molecule has 0 amide bonds. The molecule has 0 aliphatic heterocycles. The molecule has 3 nitrogen and oxygen atoms in total. The van der Waals surface area contributed by atoms with E-state index in [4.69, 9.17) is 17.3 Å². The van der Waals surface area contributed by atoms with Gasteiger partial charge in [-0.25, -0.2) is 0 Å². The number of rotatable bonds is 2. The van der Waals surface area contributed by atoms with Crippen LogP contribution in [0.15, 0.2) is 36.7 Å². The van der Waals surface area contributed by atoms with E-state index >= 15 is 0 Å². The molecule has 0 spiro atoms. The molecule has 0 aromatic carbocycles. The summed E-state index contributed by atoms with van der Waals surface area (Å²) in [7, 11) is 0. The van der Waals surface area contributed by atoms with Crippen molar-refractivity contribution in [1.82, 2.24) is 4.98 Å². The summed E-state index contributed by atoms with van der Waals surface area (Å²) in [5, 5.41) is 9.20. The SMILES string of the molecule is N#Cc1sc(-c2ccc(Cl)s2)c(-c2ccncc2)c1N. The fourth-order valence-electron chi connectivity index (χ4n) is 1.94. The minimum absolute atomic E-state index is 0.517. The number of nitrogen functional groups attached to an aromatic ring is 1. The van der Waals surface area contributed by atoms with Gasteiger partial charge in [0.15, 0.2) is 0 Å². The van der Waals surface area contributed by atoms with Crippen molar-refractivity contribution in [2.45, 2.75) is 0 Å². The molecule has 3 aromatic rings. The molecular formula is C14H8ClN3S2. The van der Waals surface area contributed by atoms with Crippen LogP contribution in [0.2, 0.25) is 4.34 Å². The average Bonchev–Trinajstić information content (AvgIpc) is 3.03. The Morgan fingerprint density at radius 2 is 1.90 bits per heavy atom. The van der Waals surface area contributed by atoms with E-state index in [1.54, 1.807) is 12.4 Å². The third-order valence-corrected chi connectivity index (χ3v) is 5.33. The standard InChI is InChI=1S/C14H8ClN3S2/c15-11-2-1-9(19-11)14-12(8-3-5-18-6-4-8)13(17)10(7-16)20-14/h1-6H,17H2. The number of nitrogens with zero attached hydrogens (tertiary/aromatic N) is 2. The van der Waals surface area contributed by atoms with Gasteiger partial charge in [-0.15, -0.1) is 22.7 Å². The number of nitriles is 1. The highest BCUT2D eigenvalue weighted by molar-refractivity contribution is 7.25. The highest BCUT2D eigenvalue weighted by Crippen LogP contribution is 2.47. The second-order valence-electron chi connectivity index (χ2n) is 4.00. The van der Waals surface area contributed by atoms with E-state index in [0.29, 0.717) is 14.9 Å². The molecule has 3 aromatic heterocycles. The molecular weight excluding hydrogens is 310 g/mol. The van der Waals surface area contributed by atoms with Crippen molar-refractivity contribution >= 4 is 40.0 Å². The Kier molecular flexibility index (Phi) is 3.45. The maximum absolute atomic E-state index is 9.20. The largest absolute Gasteiger partial charge is 0.396 e. The van der Waals surface area contributed by atoms with E-state index in [9.17, 15) is 5.26 Å². The van der Waals surface area contributed by atoms with Crippen molar-refractivity contribution in [3.05, 3.63) is 45.9 Å². The number of pyridine rings is 1. The predicted octanol–water partition coefficient (Wildman–Crippen LogP) is 4.65. The lowest BCUT2D eigenvalue weighted by atomic mass is 10.1. The number of anilines is 1. The number of hydrogen-bond donors (Lipinski definition) is 1. The summed E-state index contributed by atoms with van der Waals surface area (Å²) in [6.45, 7) is 0. The van der Waals surface area contributed by atoms with Crippen LogP contribution in [-0.2, 0) is 0 Å². The van der Waals surface area contributed by atoms with E-state index in [0.717, 1.165) is 20.9 Å². The molecule has 0 radical (unpaired) electrons. The van der Waals surface area contributed by atoms with Gasteiger partial charge in [-0.1, -0.05) is 11.6 Å². The Morgan fingerprint density at radius 1 is 1.15 bits per heavy atom. The van der Waals surface area contributed by atoms with Crippen molar-refractivity contribution < 1.29 is 0 Å². The summed E-state index contributed by atoms with van der Waals surface area (Å²) in [5.41, 5.74) is 8.48. The Bertz CT molecular complexity index is 800. The van der Waals surface area contributed by atoms with E-state index < -0.39 is 0 Å². The maximum atomic E-state index is 9.20. The van der Waals surface area contributed by atoms with Crippen LogP contribution < -0.4 is 5.73 Å². The zero-order chi connectivity index (χ0) is 14.1. The lowest BCUT2D eigenvalue weighted by Gasteiger charge is -2.03. The summed E-state index contributed by atoms with van der Waals surface area (Å²) >= 11 is 8.88. The molecule has 98 valence electrons. The number of thiophene rings is 2. The molecule has 0 unspecified atom stereocenters. The zero-order valence-corrected chi connectivity index (χ0v) is 12.5. The van der Waals surface area contributed by atoms with Gasteiger partial charge in [-0.05, 0) is 29.8 Å². The number of hydrogen-bond acceptors (Lipinski definition) is 5. The van der Waals surface area contributed by atoms with Crippen molar-refractivity contribution in [2.24, 2.45) is 0 Å². The monoisotopic (exact) mass is 317 g/mol. The molecule has 3 rings (SSSR count). The molecule has 0 aliphatic carbocycles. The smallest absolute Gasteiger partial charge is 0.129 e. The summed E-state index contributed by atoms with van der Waals surface area (Å²) in [5.74, 6) is 0. The van der Waals surface area contributed by atoms with Crippen molar-refractivity contribution in [2.75, 3.05) is 5.73 Å². The fourth-order valence-corrected chi connectivity index (χ4v) is 4.14. The normalized spacial score (nSPS) is 10.4. The molecule has 0 fully saturated rings. The second kappa shape index (κ2) is 5.25.